The Labute approximate surface area is 210 Å². The molecule has 0 aliphatic carbocycles. The number of rotatable bonds is 7. The van der Waals surface area contributed by atoms with E-state index in [0.717, 1.165) is 16.0 Å². The van der Waals surface area contributed by atoms with Crippen molar-refractivity contribution >= 4 is 49.8 Å². The van der Waals surface area contributed by atoms with Crippen molar-refractivity contribution in [2.24, 2.45) is 0 Å². The first-order valence-electron chi connectivity index (χ1n) is 11.1. The number of anilines is 1. The normalized spacial score (nSPS) is 11.3. The Morgan fingerprint density at radius 1 is 1.14 bits per heavy atom. The van der Waals surface area contributed by atoms with Crippen molar-refractivity contribution in [1.29, 1.82) is 0 Å². The first kappa shape index (κ1) is 24.8. The van der Waals surface area contributed by atoms with Gasteiger partial charge in [-0.2, -0.15) is 0 Å². The van der Waals surface area contributed by atoms with Crippen LogP contribution in [0.5, 0.6) is 0 Å². The third-order valence-corrected chi connectivity index (χ3v) is 7.58. The molecule has 2 N–H and O–H groups in total. The van der Waals surface area contributed by atoms with Crippen LogP contribution in [-0.2, 0) is 11.3 Å². The molecule has 10 heteroatoms. The summed E-state index contributed by atoms with van der Waals surface area (Å²) < 4.78 is 5.32. The van der Waals surface area contributed by atoms with Crippen LogP contribution >= 0.6 is 22.7 Å². The zero-order valence-corrected chi connectivity index (χ0v) is 21.8. The SMILES string of the molecule is CCOC(=O)c1c(NC(=O)c2sc3nc(CN(C)C)[nH]c(=O)c3c2C)sc(C)c1-c1ccccc1. The fourth-order valence-corrected chi connectivity index (χ4v) is 6.08. The van der Waals surface area contributed by atoms with E-state index in [-0.39, 0.29) is 12.2 Å². The number of amides is 1. The van der Waals surface area contributed by atoms with Crippen LogP contribution in [-0.4, -0.2) is 47.4 Å². The minimum Gasteiger partial charge on any atom is -0.462 e. The lowest BCUT2D eigenvalue weighted by Crippen LogP contribution is -2.18. The third kappa shape index (κ3) is 4.90. The monoisotopic (exact) mass is 510 g/mol. The quantitative estimate of drug-likeness (QED) is 0.346. The zero-order chi connectivity index (χ0) is 25.3. The minimum atomic E-state index is -0.495. The summed E-state index contributed by atoms with van der Waals surface area (Å²) in [5.74, 6) is -0.359. The van der Waals surface area contributed by atoms with Crippen LogP contribution < -0.4 is 10.9 Å². The molecule has 3 heterocycles. The molecule has 8 nitrogen and oxygen atoms in total. The molecule has 1 amide bonds. The summed E-state index contributed by atoms with van der Waals surface area (Å²) in [6.07, 6.45) is 0. The molecule has 0 bridgehead atoms. The van der Waals surface area contributed by atoms with E-state index in [1.165, 1.54) is 22.7 Å². The molecule has 1 aromatic carbocycles. The number of esters is 1. The molecule has 4 rings (SSSR count). The molecular formula is C25H26N4O4S2. The topological polar surface area (TPSA) is 104 Å². The van der Waals surface area contributed by atoms with Crippen LogP contribution in [0.25, 0.3) is 21.3 Å². The van der Waals surface area contributed by atoms with Crippen LogP contribution in [0.15, 0.2) is 35.1 Å². The number of benzene rings is 1. The van der Waals surface area contributed by atoms with E-state index < -0.39 is 11.9 Å². The average Bonchev–Trinajstić information content (AvgIpc) is 3.30. The van der Waals surface area contributed by atoms with E-state index >= 15 is 0 Å². The van der Waals surface area contributed by atoms with Gasteiger partial charge >= 0.3 is 5.97 Å². The number of hydrogen-bond donors (Lipinski definition) is 2. The summed E-state index contributed by atoms with van der Waals surface area (Å²) in [6, 6.07) is 9.54. The molecule has 182 valence electrons. The smallest absolute Gasteiger partial charge is 0.341 e. The van der Waals surface area contributed by atoms with Crippen LogP contribution in [0.4, 0.5) is 5.00 Å². The molecule has 3 aromatic heterocycles. The molecule has 0 atom stereocenters. The molecule has 0 unspecified atom stereocenters. The molecule has 4 aromatic rings. The van der Waals surface area contributed by atoms with Gasteiger partial charge in [-0.05, 0) is 46.0 Å². The van der Waals surface area contributed by atoms with E-state index in [2.05, 4.69) is 15.3 Å². The minimum absolute atomic E-state index is 0.217. The number of hydrogen-bond acceptors (Lipinski definition) is 8. The van der Waals surface area contributed by atoms with Crippen LogP contribution in [0.3, 0.4) is 0 Å². The lowest BCUT2D eigenvalue weighted by atomic mass is 10.0. The molecule has 35 heavy (non-hydrogen) atoms. The molecule has 0 aliphatic heterocycles. The number of ether oxygens (including phenoxy) is 1. The van der Waals surface area contributed by atoms with Gasteiger partial charge in [0.1, 0.15) is 21.2 Å². The van der Waals surface area contributed by atoms with Crippen LogP contribution in [0, 0.1) is 13.8 Å². The van der Waals surface area contributed by atoms with Crippen molar-refractivity contribution in [3.8, 4) is 11.1 Å². The highest BCUT2D eigenvalue weighted by atomic mass is 32.1. The number of thiophene rings is 2. The zero-order valence-electron chi connectivity index (χ0n) is 20.1. The van der Waals surface area contributed by atoms with Gasteiger partial charge in [-0.1, -0.05) is 30.3 Å². The number of aromatic amines is 1. The predicted octanol–water partition coefficient (Wildman–Crippen LogP) is 4.82. The van der Waals surface area contributed by atoms with E-state index in [1.807, 2.05) is 56.3 Å². The fraction of sp³-hybridized carbons (Fsp3) is 0.280. The standard InChI is InChI=1S/C25H26N4O4S2/c1-6-33-25(32)19-18(15-10-8-7-9-11-15)14(3)34-24(19)28-22(31)20-13(2)17-21(30)26-16(12-29(4)5)27-23(17)35-20/h7-11H,6,12H2,1-5H3,(H,28,31)(H,26,27,30). The second kappa shape index (κ2) is 10.1. The molecule has 0 saturated heterocycles. The number of fused-ring (bicyclic) bond motifs is 1. The van der Waals surface area contributed by atoms with Gasteiger partial charge in [-0.25, -0.2) is 9.78 Å². The Morgan fingerprint density at radius 3 is 2.51 bits per heavy atom. The highest BCUT2D eigenvalue weighted by molar-refractivity contribution is 7.21. The summed E-state index contributed by atoms with van der Waals surface area (Å²) in [6.45, 7) is 6.08. The van der Waals surface area contributed by atoms with Gasteiger partial charge in [0.05, 0.1) is 23.4 Å². The number of carbonyl (C=O) groups is 2. The molecule has 0 aliphatic rings. The second-order valence-corrected chi connectivity index (χ2v) is 10.5. The van der Waals surface area contributed by atoms with Gasteiger partial charge in [0.2, 0.25) is 0 Å². The van der Waals surface area contributed by atoms with E-state index in [9.17, 15) is 14.4 Å². The molecule has 0 spiro atoms. The van der Waals surface area contributed by atoms with Crippen molar-refractivity contribution < 1.29 is 14.3 Å². The number of carbonyl (C=O) groups excluding carboxylic acids is 2. The molecule has 0 saturated carbocycles. The van der Waals surface area contributed by atoms with E-state index in [1.54, 1.807) is 13.8 Å². The average molecular weight is 511 g/mol. The predicted molar refractivity (Wildman–Crippen MR) is 141 cm³/mol. The first-order valence-corrected chi connectivity index (χ1v) is 12.7. The Hall–Kier alpha value is -3.34. The lowest BCUT2D eigenvalue weighted by Gasteiger charge is -2.09. The van der Waals surface area contributed by atoms with Gasteiger partial charge in [0.25, 0.3) is 11.5 Å². The van der Waals surface area contributed by atoms with Crippen LogP contribution in [0.2, 0.25) is 0 Å². The van der Waals surface area contributed by atoms with Crippen molar-refractivity contribution in [2.45, 2.75) is 27.3 Å². The Balaban J connectivity index is 1.76. The summed E-state index contributed by atoms with van der Waals surface area (Å²) >= 11 is 2.49. The van der Waals surface area contributed by atoms with Gasteiger partial charge in [-0.15, -0.1) is 22.7 Å². The van der Waals surface area contributed by atoms with E-state index in [0.29, 0.717) is 43.6 Å². The maximum atomic E-state index is 13.4. The summed E-state index contributed by atoms with van der Waals surface area (Å²) in [5.41, 5.74) is 2.22. The molecule has 0 fully saturated rings. The van der Waals surface area contributed by atoms with E-state index in [4.69, 9.17) is 4.74 Å². The lowest BCUT2D eigenvalue weighted by molar-refractivity contribution is 0.0529. The number of H-pyrrole nitrogens is 1. The maximum Gasteiger partial charge on any atom is 0.341 e. The highest BCUT2D eigenvalue weighted by Crippen LogP contribution is 2.41. The first-order chi connectivity index (χ1) is 16.7. The van der Waals surface area contributed by atoms with Crippen molar-refractivity contribution in [3.63, 3.8) is 0 Å². The van der Waals surface area contributed by atoms with Gasteiger partial charge in [0.15, 0.2) is 0 Å². The Kier molecular flexibility index (Phi) is 7.15. The van der Waals surface area contributed by atoms with Gasteiger partial charge in [0, 0.05) is 10.4 Å². The summed E-state index contributed by atoms with van der Waals surface area (Å²) in [4.78, 5) is 50.0. The number of aromatic nitrogens is 2. The van der Waals surface area contributed by atoms with Gasteiger partial charge in [-0.3, -0.25) is 9.59 Å². The van der Waals surface area contributed by atoms with Crippen molar-refractivity contribution in [2.75, 3.05) is 26.0 Å². The molecular weight excluding hydrogens is 484 g/mol. The maximum absolute atomic E-state index is 13.4. The van der Waals surface area contributed by atoms with Gasteiger partial charge < -0.3 is 19.9 Å². The van der Waals surface area contributed by atoms with Crippen molar-refractivity contribution in [3.05, 3.63) is 67.4 Å². The summed E-state index contributed by atoms with van der Waals surface area (Å²) in [5, 5.41) is 3.72. The number of nitrogens with zero attached hydrogens (tertiary/aromatic N) is 2. The Morgan fingerprint density at radius 2 is 1.86 bits per heavy atom. The molecule has 0 radical (unpaired) electrons. The largest absolute Gasteiger partial charge is 0.462 e. The second-order valence-electron chi connectivity index (χ2n) is 8.26. The fourth-order valence-electron chi connectivity index (χ4n) is 3.92. The van der Waals surface area contributed by atoms with Crippen LogP contribution in [0.1, 0.15) is 43.2 Å². The third-order valence-electron chi connectivity index (χ3n) is 5.38. The van der Waals surface area contributed by atoms with Crippen molar-refractivity contribution in [1.82, 2.24) is 14.9 Å². The Bertz CT molecular complexity index is 1470. The number of aryl methyl sites for hydroxylation is 2. The highest BCUT2D eigenvalue weighted by Gasteiger charge is 2.27. The number of nitrogens with one attached hydrogen (secondary N) is 2. The summed E-state index contributed by atoms with van der Waals surface area (Å²) in [7, 11) is 3.77.